The molecule has 1 aliphatic carbocycles. The van der Waals surface area contributed by atoms with Crippen molar-refractivity contribution in [3.63, 3.8) is 0 Å². The predicted octanol–water partition coefficient (Wildman–Crippen LogP) is 12.5. The minimum absolute atomic E-state index is 0. The summed E-state index contributed by atoms with van der Waals surface area (Å²) in [6, 6.07) is 36.1. The first-order valence-corrected chi connectivity index (χ1v) is 18.0. The normalized spacial score (nSPS) is 14.8. The van der Waals surface area contributed by atoms with Gasteiger partial charge in [0.15, 0.2) is 0 Å². The molecule has 0 amide bonds. The number of rotatable bonds is 2. The Balaban J connectivity index is 0.000000205. The van der Waals surface area contributed by atoms with E-state index < -0.39 is 0 Å². The van der Waals surface area contributed by atoms with E-state index in [1.165, 1.54) is 44.8 Å². The zero-order valence-electron chi connectivity index (χ0n) is 31.2. The maximum absolute atomic E-state index is 12.8. The summed E-state index contributed by atoms with van der Waals surface area (Å²) in [4.78, 5) is 14.3. The molecule has 9 rings (SSSR count). The van der Waals surface area contributed by atoms with E-state index in [0.717, 1.165) is 57.3 Å². The molecule has 0 atom stereocenters. The predicted molar refractivity (Wildman–Crippen MR) is 211 cm³/mol. The van der Waals surface area contributed by atoms with Crippen molar-refractivity contribution in [2.45, 2.75) is 77.6 Å². The molecule has 0 N–H and O–H groups in total. The van der Waals surface area contributed by atoms with Crippen LogP contribution in [0.15, 0.2) is 108 Å². The van der Waals surface area contributed by atoms with E-state index >= 15 is 0 Å². The molecule has 0 unspecified atom stereocenters. The van der Waals surface area contributed by atoms with Crippen LogP contribution in [-0.2, 0) is 36.4 Å². The molecule has 4 nitrogen and oxygen atoms in total. The zero-order chi connectivity index (χ0) is 36.4. The molecule has 3 aromatic heterocycles. The van der Waals surface area contributed by atoms with Crippen LogP contribution in [0.4, 0.5) is 4.39 Å². The van der Waals surface area contributed by atoms with Gasteiger partial charge in [-0.1, -0.05) is 102 Å². The fourth-order valence-electron chi connectivity index (χ4n) is 7.41. The topological polar surface area (TPSA) is 51.8 Å². The van der Waals surface area contributed by atoms with Crippen molar-refractivity contribution in [1.29, 1.82) is 0 Å². The number of fused-ring (bicyclic) bond motifs is 7. The van der Waals surface area contributed by atoms with Gasteiger partial charge in [0.05, 0.1) is 11.4 Å². The van der Waals surface area contributed by atoms with Gasteiger partial charge in [0, 0.05) is 54.8 Å². The van der Waals surface area contributed by atoms with Crippen molar-refractivity contribution in [2.24, 2.45) is 0 Å². The van der Waals surface area contributed by atoms with Gasteiger partial charge in [-0.3, -0.25) is 14.4 Å². The van der Waals surface area contributed by atoms with Gasteiger partial charge in [0.2, 0.25) is 0 Å². The second-order valence-corrected chi connectivity index (χ2v) is 16.4. The fraction of sp³-hybridized carbons (Fsp3) is 0.255. The monoisotopic (exact) mass is 876 g/mol. The van der Waals surface area contributed by atoms with Crippen LogP contribution in [0.1, 0.15) is 78.1 Å². The zero-order valence-corrected chi connectivity index (χ0v) is 33.6. The third-order valence-corrected chi connectivity index (χ3v) is 10.7. The number of nitrogens with zero attached hydrogens (tertiary/aromatic N) is 3. The Morgan fingerprint density at radius 2 is 1.53 bits per heavy atom. The minimum atomic E-state index is -0.277. The Morgan fingerprint density at radius 3 is 2.30 bits per heavy atom. The summed E-state index contributed by atoms with van der Waals surface area (Å²) < 4.78 is 19.3. The van der Waals surface area contributed by atoms with Crippen molar-refractivity contribution in [3.05, 3.63) is 138 Å². The number of halogens is 1. The summed E-state index contributed by atoms with van der Waals surface area (Å²) in [5.74, 6) is 0.412. The molecule has 1 radical (unpaired) electrons. The molecule has 0 aliphatic heterocycles. The second-order valence-electron chi connectivity index (χ2n) is 16.4. The first kappa shape index (κ1) is 36.6. The largest absolute Gasteiger partial charge is 0.501 e. The van der Waals surface area contributed by atoms with E-state index in [0.29, 0.717) is 5.82 Å². The summed E-state index contributed by atoms with van der Waals surface area (Å²) in [6.45, 7) is 15.6. The van der Waals surface area contributed by atoms with Crippen LogP contribution in [0.5, 0.6) is 0 Å². The van der Waals surface area contributed by atoms with Crippen LogP contribution >= 0.6 is 0 Å². The summed E-state index contributed by atoms with van der Waals surface area (Å²) in [7, 11) is 0. The molecule has 6 heteroatoms. The molecule has 3 heterocycles. The maximum Gasteiger partial charge on any atom is 0.121 e. The Morgan fingerprint density at radius 1 is 0.755 bits per heavy atom. The quantitative estimate of drug-likeness (QED) is 0.128. The average molecular weight is 876 g/mol. The molecular weight excluding hydrogens is 834 g/mol. The van der Waals surface area contributed by atoms with Gasteiger partial charge in [-0.25, -0.2) is 0 Å². The molecule has 0 bridgehead atoms. The molecule has 0 saturated carbocycles. The van der Waals surface area contributed by atoms with Crippen LogP contribution in [0.3, 0.4) is 0 Å². The van der Waals surface area contributed by atoms with Gasteiger partial charge in [-0.05, 0) is 80.2 Å². The van der Waals surface area contributed by atoms with E-state index in [1.807, 2.05) is 24.4 Å². The Bertz CT molecular complexity index is 2630. The number of aromatic nitrogens is 3. The SMILES string of the molecule is CC(C)(C)c1ccnc(-c2[c-]cc(F)cc2)c1.CC1(C)CCC(C)(C)c2nc(-c3[c-]ccc4c3oc3cc5c(ccc6ccccc65)cc34)ncc21.[Ir]. The smallest absolute Gasteiger partial charge is 0.121 e. The summed E-state index contributed by atoms with van der Waals surface area (Å²) in [6.07, 6.45) is 6.08. The Kier molecular flexibility index (Phi) is 9.37. The molecule has 5 aromatic carbocycles. The summed E-state index contributed by atoms with van der Waals surface area (Å²) in [5.41, 5.74) is 7.95. The van der Waals surface area contributed by atoms with E-state index in [4.69, 9.17) is 14.4 Å². The number of pyridine rings is 1. The molecule has 1 aliphatic rings. The summed E-state index contributed by atoms with van der Waals surface area (Å²) in [5, 5.41) is 7.07. The number of benzene rings is 5. The van der Waals surface area contributed by atoms with E-state index in [2.05, 4.69) is 120 Å². The van der Waals surface area contributed by atoms with Crippen molar-refractivity contribution in [2.75, 3.05) is 0 Å². The Labute approximate surface area is 324 Å². The van der Waals surface area contributed by atoms with Crippen molar-refractivity contribution >= 4 is 43.5 Å². The molecule has 269 valence electrons. The van der Waals surface area contributed by atoms with Crippen LogP contribution in [0.25, 0.3) is 66.1 Å². The third-order valence-electron chi connectivity index (χ3n) is 10.7. The number of hydrogen-bond donors (Lipinski definition) is 0. The van der Waals surface area contributed by atoms with Crippen LogP contribution in [-0.4, -0.2) is 15.0 Å². The second kappa shape index (κ2) is 13.6. The van der Waals surface area contributed by atoms with Crippen molar-refractivity contribution in [3.8, 4) is 22.6 Å². The van der Waals surface area contributed by atoms with Gasteiger partial charge >= 0.3 is 0 Å². The first-order chi connectivity index (χ1) is 24.8. The molecule has 8 aromatic rings. The Hall–Kier alpha value is -4.77. The van der Waals surface area contributed by atoms with Crippen LogP contribution < -0.4 is 0 Å². The van der Waals surface area contributed by atoms with Gasteiger partial charge < -0.3 is 9.40 Å². The van der Waals surface area contributed by atoms with E-state index in [1.54, 1.807) is 12.3 Å². The van der Waals surface area contributed by atoms with Crippen molar-refractivity contribution in [1.82, 2.24) is 15.0 Å². The van der Waals surface area contributed by atoms with Gasteiger partial charge in [-0.15, -0.1) is 48.0 Å². The third kappa shape index (κ3) is 6.80. The number of hydrogen-bond acceptors (Lipinski definition) is 4. The standard InChI is InChI=1S/C32H27N2O.C15H15FN.Ir/c1-31(2)14-15-32(3,4)29-26(31)18-33-30(34-29)23-11-7-10-22-25-16-20-13-12-19-8-5-6-9-21(19)24(20)17-27(25)35-28(22)23;1-15(2,3)12-8-9-17-14(10-12)11-4-6-13(16)7-5-11;/h5-10,12-13,16-18H,14-15H2,1-4H3;4,6-10H,1-3H3;/q2*-1;. The molecule has 0 fully saturated rings. The molecular formula is C47H42FIrN3O-2. The molecule has 0 spiro atoms. The number of furan rings is 1. The summed E-state index contributed by atoms with van der Waals surface area (Å²) >= 11 is 0. The molecule has 0 saturated heterocycles. The van der Waals surface area contributed by atoms with Crippen LogP contribution in [0, 0.1) is 17.9 Å². The van der Waals surface area contributed by atoms with E-state index in [9.17, 15) is 4.39 Å². The minimum Gasteiger partial charge on any atom is -0.501 e. The van der Waals surface area contributed by atoms with Gasteiger partial charge in [0.1, 0.15) is 5.58 Å². The average Bonchev–Trinajstić information content (AvgIpc) is 3.50. The van der Waals surface area contributed by atoms with Crippen LogP contribution in [0.2, 0.25) is 0 Å². The van der Waals surface area contributed by atoms with E-state index in [-0.39, 0.29) is 42.2 Å². The van der Waals surface area contributed by atoms with Crippen molar-refractivity contribution < 1.29 is 28.9 Å². The first-order valence-electron chi connectivity index (χ1n) is 18.0. The maximum atomic E-state index is 12.8. The van der Waals surface area contributed by atoms with Gasteiger partial charge in [-0.2, -0.15) is 0 Å². The fourth-order valence-corrected chi connectivity index (χ4v) is 7.41. The molecule has 53 heavy (non-hydrogen) atoms. The van der Waals surface area contributed by atoms with Gasteiger partial charge in [0.25, 0.3) is 0 Å².